The van der Waals surface area contributed by atoms with E-state index in [1.807, 2.05) is 62.4 Å². The van der Waals surface area contributed by atoms with Gasteiger partial charge in [0.1, 0.15) is 28.5 Å². The van der Waals surface area contributed by atoms with Gasteiger partial charge in [0.25, 0.3) is 0 Å². The number of aldehydes is 1. The zero-order valence-corrected chi connectivity index (χ0v) is 58.7. The maximum Gasteiger partial charge on any atom is 1.00 e. The minimum atomic E-state index is -0.639. The number of likely N-dealkylation sites (N-methyl/N-ethyl adjacent to an activating group) is 4. The molecule has 4 aliphatic rings. The van der Waals surface area contributed by atoms with Gasteiger partial charge in [-0.3, -0.25) is 14.5 Å². The predicted octanol–water partition coefficient (Wildman–Crippen LogP) is 5.94. The van der Waals surface area contributed by atoms with Crippen LogP contribution in [0.3, 0.4) is 0 Å². The first-order valence-electron chi connectivity index (χ1n) is 30.9. The molecule has 0 saturated heterocycles. The monoisotopic (exact) mass is 1240 g/mol. The smallest absolute Gasteiger partial charge is 0.793 e. The third-order valence-corrected chi connectivity index (χ3v) is 15.1. The topological polar surface area (TPSA) is 243 Å². The first kappa shape index (κ1) is 80.9. The fourth-order valence-corrected chi connectivity index (χ4v) is 10.7. The molecule has 25 heteroatoms. The summed E-state index contributed by atoms with van der Waals surface area (Å²) in [4.78, 5) is 87.1. The van der Waals surface area contributed by atoms with Gasteiger partial charge >= 0.3 is 53.7 Å². The summed E-state index contributed by atoms with van der Waals surface area (Å²) in [6.07, 6.45) is 13.8. The molecule has 2 aliphatic carbocycles. The number of imidazole rings is 2. The molecule has 491 valence electrons. The SMILES string of the molecule is CC(=O)OOC(C)=O.CCOCC1(COCC)CCC(c2c(C=O)nc3n2CCC3)CC1.CCOCC1(COCC)CCC(c2c(CN(C)CCN(C)C(=O)OC(C)(C)C)nc3n2CCC3)CC1.CNCCN(C)C(=O)OC(C)(C)C.[B-]OC(C)=O.[Na+]. The quantitative estimate of drug-likeness (QED) is 0.0586. The molecular weight excluding hydrogens is 1130 g/mol. The van der Waals surface area contributed by atoms with E-state index in [9.17, 15) is 28.8 Å². The van der Waals surface area contributed by atoms with E-state index in [-0.39, 0.29) is 52.6 Å². The van der Waals surface area contributed by atoms with Crippen LogP contribution in [-0.4, -0.2) is 197 Å². The van der Waals surface area contributed by atoms with Crippen molar-refractivity contribution in [3.8, 4) is 0 Å². The van der Waals surface area contributed by atoms with Gasteiger partial charge in [0.2, 0.25) is 5.97 Å². The minimum absolute atomic E-state index is 0. The van der Waals surface area contributed by atoms with Gasteiger partial charge in [-0.15, -0.1) is 0 Å². The third-order valence-electron chi connectivity index (χ3n) is 15.1. The summed E-state index contributed by atoms with van der Waals surface area (Å²) in [6.45, 7) is 34.9. The fraction of sp³-hybridized carbons (Fsp3) is 0.806. The predicted molar refractivity (Wildman–Crippen MR) is 329 cm³/mol. The molecule has 4 heterocycles. The molecule has 3 radical (unpaired) electrons. The van der Waals surface area contributed by atoms with Gasteiger partial charge in [-0.1, -0.05) is 0 Å². The number of nitrogens with zero attached hydrogens (tertiary/aromatic N) is 7. The van der Waals surface area contributed by atoms with Gasteiger partial charge in [0.15, 0.2) is 6.29 Å². The maximum absolute atomic E-state index is 12.3. The summed E-state index contributed by atoms with van der Waals surface area (Å²) >= 11 is 0. The van der Waals surface area contributed by atoms with E-state index < -0.39 is 29.1 Å². The number of rotatable bonds is 23. The van der Waals surface area contributed by atoms with Crippen LogP contribution in [0.25, 0.3) is 0 Å². The Hall–Kier alpha value is -4.14. The van der Waals surface area contributed by atoms with Crippen molar-refractivity contribution in [3.63, 3.8) is 0 Å². The summed E-state index contributed by atoms with van der Waals surface area (Å²) in [5.41, 5.74) is 3.93. The minimum Gasteiger partial charge on any atom is -0.793 e. The normalized spacial score (nSPS) is 15.8. The summed E-state index contributed by atoms with van der Waals surface area (Å²) < 4.78 is 42.4. The standard InChI is InChI=1S/C28H50N4O4.C19H30N2O3.C9H20N2O2.C4H6O4.C2H3BO2.Na/c1-8-34-20-28(21-35-9-2)14-12-22(13-15-28)25-23(29-24-11-10-16-32(24)25)19-30(6)17-18-31(7)26(33)36-27(3,4)5;1-3-23-13-19(14-24-4-2)9-7-15(8-10-19)18-16(12-22)20-17-6-5-11-21(17)18;1-9(2,3)13-8(12)11(5)7-6-10-4;1-3(5)7-8-4(2)6;1-2(4)5-3;/h22H,8-21H2,1-7H3;12,15H,3-11,13-14H2,1-2H3;10H,6-7H2,1-5H3;1-2H3;1H3;/q;;;;-1;+1. The van der Waals surface area contributed by atoms with E-state index in [1.54, 1.807) is 23.9 Å². The number of aromatic nitrogens is 4. The van der Waals surface area contributed by atoms with Crippen molar-refractivity contribution in [1.29, 1.82) is 0 Å². The average Bonchev–Trinajstić information content (AvgIpc) is 1.85. The van der Waals surface area contributed by atoms with E-state index in [1.165, 1.54) is 36.3 Å². The van der Waals surface area contributed by atoms with E-state index in [2.05, 4.69) is 67.7 Å². The number of hydrogen-bond acceptors (Lipinski definition) is 19. The molecule has 2 fully saturated rings. The molecule has 87 heavy (non-hydrogen) atoms. The number of nitrogens with one attached hydrogen (secondary N) is 1. The Kier molecular flexibility index (Phi) is 38.4. The van der Waals surface area contributed by atoms with Crippen molar-refractivity contribution in [2.75, 3.05) is 107 Å². The van der Waals surface area contributed by atoms with Gasteiger partial charge in [0.05, 0.1) is 37.8 Å². The number of amides is 2. The molecule has 1 N–H and O–H groups in total. The second-order valence-electron chi connectivity index (χ2n) is 24.8. The summed E-state index contributed by atoms with van der Waals surface area (Å²) in [6, 6.07) is 0. The molecule has 2 saturated carbocycles. The van der Waals surface area contributed by atoms with Gasteiger partial charge in [-0.25, -0.2) is 38.9 Å². The Morgan fingerprint density at radius 2 is 1.00 bits per heavy atom. The van der Waals surface area contributed by atoms with Crippen LogP contribution in [0.1, 0.15) is 205 Å². The zero-order valence-electron chi connectivity index (χ0n) is 56.7. The largest absolute Gasteiger partial charge is 1.00 e. The molecule has 2 amide bonds. The van der Waals surface area contributed by atoms with Crippen LogP contribution < -0.4 is 34.9 Å². The fourth-order valence-electron chi connectivity index (χ4n) is 10.7. The zero-order chi connectivity index (χ0) is 64.7. The van der Waals surface area contributed by atoms with Crippen molar-refractivity contribution >= 4 is 44.4 Å². The van der Waals surface area contributed by atoms with Crippen molar-refractivity contribution in [3.05, 3.63) is 34.4 Å². The second-order valence-corrected chi connectivity index (χ2v) is 24.8. The van der Waals surface area contributed by atoms with E-state index >= 15 is 0 Å². The Morgan fingerprint density at radius 3 is 1.36 bits per heavy atom. The van der Waals surface area contributed by atoms with Crippen LogP contribution in [0.4, 0.5) is 9.59 Å². The number of hydrogen-bond donors (Lipinski definition) is 1. The molecule has 0 aromatic carbocycles. The molecule has 6 rings (SSSR count). The maximum atomic E-state index is 12.3. The van der Waals surface area contributed by atoms with E-state index in [0.717, 1.165) is 182 Å². The molecular formula is C62H109BN8NaO15. The number of ether oxygens (including phenoxy) is 6. The van der Waals surface area contributed by atoms with Crippen molar-refractivity contribution in [2.45, 2.75) is 210 Å². The summed E-state index contributed by atoms with van der Waals surface area (Å²) in [5, 5.41) is 2.97. The van der Waals surface area contributed by atoms with Gasteiger partial charge in [0, 0.05) is 148 Å². The number of carbonyl (C=O) groups excluding carboxylic acids is 6. The van der Waals surface area contributed by atoms with Crippen LogP contribution in [0.2, 0.25) is 0 Å². The first-order chi connectivity index (χ1) is 40.6. The van der Waals surface area contributed by atoms with Crippen LogP contribution >= 0.6 is 0 Å². The Balaban J connectivity index is 0.000000634. The van der Waals surface area contributed by atoms with E-state index in [0.29, 0.717) is 30.6 Å². The van der Waals surface area contributed by atoms with Crippen molar-refractivity contribution in [2.24, 2.45) is 10.8 Å². The second kappa shape index (κ2) is 41.3. The molecule has 0 unspecified atom stereocenters. The molecule has 0 spiro atoms. The Labute approximate surface area is 544 Å². The molecule has 23 nitrogen and oxygen atoms in total. The average molecular weight is 1240 g/mol. The molecule has 2 aromatic rings. The molecule has 0 atom stereocenters. The van der Waals surface area contributed by atoms with Gasteiger partial charge in [-0.05, 0) is 148 Å². The van der Waals surface area contributed by atoms with E-state index in [4.69, 9.17) is 33.4 Å². The molecule has 2 aliphatic heterocycles. The number of carbonyl (C=O) groups is 6. The Morgan fingerprint density at radius 1 is 0.621 bits per heavy atom. The van der Waals surface area contributed by atoms with Crippen molar-refractivity contribution in [1.82, 2.24) is 39.1 Å². The summed E-state index contributed by atoms with van der Waals surface area (Å²) in [5.74, 6) is 1.59. The van der Waals surface area contributed by atoms with Crippen LogP contribution in [0.15, 0.2) is 0 Å². The molecule has 0 bridgehead atoms. The van der Waals surface area contributed by atoms with Gasteiger partial charge in [-0.2, -0.15) is 0 Å². The number of aryl methyl sites for hydroxylation is 2. The molecule has 2 aromatic heterocycles. The van der Waals surface area contributed by atoms with Crippen LogP contribution in [0.5, 0.6) is 0 Å². The third kappa shape index (κ3) is 30.0. The Bertz CT molecular complexity index is 2310. The first-order valence-corrected chi connectivity index (χ1v) is 30.9. The summed E-state index contributed by atoms with van der Waals surface area (Å²) in [7, 11) is 11.8. The van der Waals surface area contributed by atoms with Gasteiger partial charge < -0.3 is 65.4 Å². The number of fused-ring (bicyclic) bond motifs is 2. The van der Waals surface area contributed by atoms with Crippen LogP contribution in [0, 0.1) is 10.8 Å². The van der Waals surface area contributed by atoms with Crippen molar-refractivity contribution < 1.29 is 101 Å². The van der Waals surface area contributed by atoms with Crippen LogP contribution in [-0.2, 0) is 89.7 Å².